The number of rotatable bonds is 9. The first-order chi connectivity index (χ1) is 20.3. The van der Waals surface area contributed by atoms with Gasteiger partial charge in [-0.1, -0.05) is 74.8 Å². The number of anilines is 1. The lowest BCUT2D eigenvalue weighted by Gasteiger charge is -2.15. The zero-order valence-electron chi connectivity index (χ0n) is 23.9. The summed E-state index contributed by atoms with van der Waals surface area (Å²) in [6.45, 7) is 6.80. The van der Waals surface area contributed by atoms with E-state index >= 15 is 0 Å². The van der Waals surface area contributed by atoms with Gasteiger partial charge in [-0.2, -0.15) is 5.10 Å². The summed E-state index contributed by atoms with van der Waals surface area (Å²) < 4.78 is 21.7. The maximum atomic E-state index is 14.6. The number of aromatic nitrogens is 4. The summed E-state index contributed by atoms with van der Waals surface area (Å²) in [5.74, 6) is 1.39. The number of ether oxygens (including phenoxy) is 1. The molecule has 0 aliphatic carbocycles. The number of hydrogen-bond donors (Lipinski definition) is 1. The van der Waals surface area contributed by atoms with Crippen LogP contribution in [0.15, 0.2) is 104 Å². The number of halogens is 1. The first kappa shape index (κ1) is 32.5. The third-order valence-corrected chi connectivity index (χ3v) is 6.33. The lowest BCUT2D eigenvalue weighted by atomic mass is 10.2. The Morgan fingerprint density at radius 1 is 0.976 bits per heavy atom. The van der Waals surface area contributed by atoms with Crippen LogP contribution in [-0.4, -0.2) is 32.8 Å². The smallest absolute Gasteiger partial charge is 0.211 e. The summed E-state index contributed by atoms with van der Waals surface area (Å²) >= 11 is 0. The highest BCUT2D eigenvalue weighted by atomic mass is 31.1. The third kappa shape index (κ3) is 9.83. The second kappa shape index (κ2) is 16.5. The highest BCUT2D eigenvalue weighted by Crippen LogP contribution is 2.42. The molecular weight excluding hydrogens is 567 g/mol. The van der Waals surface area contributed by atoms with Crippen LogP contribution in [-0.2, 0) is 16.4 Å². The summed E-state index contributed by atoms with van der Waals surface area (Å²) in [5, 5.41) is 5.18. The molecule has 1 N–H and O–H groups in total. The molecule has 0 bridgehead atoms. The fourth-order valence-electron chi connectivity index (χ4n) is 3.79. The van der Waals surface area contributed by atoms with Gasteiger partial charge in [0.2, 0.25) is 6.41 Å². The van der Waals surface area contributed by atoms with Gasteiger partial charge in [0, 0.05) is 24.4 Å². The summed E-state index contributed by atoms with van der Waals surface area (Å²) in [4.78, 5) is 18.7. The molecule has 0 saturated carbocycles. The lowest BCUT2D eigenvalue weighted by Crippen LogP contribution is -2.11. The predicted molar refractivity (Wildman–Crippen MR) is 175 cm³/mol. The number of carbonyl (C=O) groups is 1. The molecule has 0 radical (unpaired) electrons. The molecule has 2 atom stereocenters. The molecule has 3 aromatic heterocycles. The average molecular weight is 604 g/mol. The maximum Gasteiger partial charge on any atom is 0.211 e. The van der Waals surface area contributed by atoms with Crippen molar-refractivity contribution in [2.75, 3.05) is 11.9 Å². The van der Waals surface area contributed by atoms with Gasteiger partial charge in [-0.25, -0.2) is 14.1 Å². The number of nitrogens with zero attached hydrogens (tertiary/aromatic N) is 4. The molecular formula is C32H36FN5O2P2. The van der Waals surface area contributed by atoms with Crippen molar-refractivity contribution in [3.63, 3.8) is 0 Å². The van der Waals surface area contributed by atoms with E-state index in [-0.39, 0.29) is 0 Å². The number of nitrogens with one attached hydrogen (secondary N) is 1. The topological polar surface area (TPSA) is 81.9 Å². The van der Waals surface area contributed by atoms with E-state index in [1.165, 1.54) is 22.0 Å². The van der Waals surface area contributed by atoms with Gasteiger partial charge in [0.1, 0.15) is 5.75 Å². The molecule has 0 fully saturated rings. The van der Waals surface area contributed by atoms with Crippen LogP contribution >= 0.6 is 18.5 Å². The molecule has 2 aromatic carbocycles. The summed E-state index contributed by atoms with van der Waals surface area (Å²) in [6.07, 6.45) is 6.31. The van der Waals surface area contributed by atoms with E-state index in [1.54, 1.807) is 36.7 Å². The quantitative estimate of drug-likeness (QED) is 0.141. The van der Waals surface area contributed by atoms with Crippen LogP contribution in [0.4, 0.5) is 10.1 Å². The third-order valence-electron chi connectivity index (χ3n) is 5.74. The Bertz CT molecular complexity index is 1510. The summed E-state index contributed by atoms with van der Waals surface area (Å²) in [6, 6.07) is 27.1. The van der Waals surface area contributed by atoms with Crippen LogP contribution in [0.3, 0.4) is 0 Å². The Kier molecular flexibility index (Phi) is 12.7. The molecule has 1 amide bonds. The van der Waals surface area contributed by atoms with Crippen molar-refractivity contribution >= 4 is 30.6 Å². The van der Waals surface area contributed by atoms with E-state index in [2.05, 4.69) is 82.2 Å². The van der Waals surface area contributed by atoms with Crippen LogP contribution < -0.4 is 10.1 Å². The molecule has 0 saturated heterocycles. The van der Waals surface area contributed by atoms with Crippen LogP contribution in [0.25, 0.3) is 17.1 Å². The molecule has 2 unspecified atom stereocenters. The molecule has 3 heterocycles. The standard InChI is InChI=1S/C15H14FN5OP2.C15H16O.C2H6/c16-15(23,24)13-6-12(10-2-1-5-17-7-10)20-21(13)14-4-3-11(8-18-14)19-9-22;1-13-6-5-9-15(12-13)16-11-10-14-7-3-2-4-8-14;1-2/h1-9H,23-24H2,(H,19,22);2-9,12H,10-11H2,1H3;1-2H3. The molecule has 0 aliphatic heterocycles. The zero-order chi connectivity index (χ0) is 30.4. The fourth-order valence-corrected chi connectivity index (χ4v) is 4.20. The molecule has 0 aliphatic rings. The fraction of sp³-hybridized carbons (Fsp3) is 0.188. The largest absolute Gasteiger partial charge is 0.493 e. The SMILES string of the molecule is CC.Cc1cccc(OCCc2ccccc2)c1.O=CNc1ccc(-n2nc(-c3cccnc3)cc2C(F)(P)P)nc1. The Morgan fingerprint density at radius 3 is 2.38 bits per heavy atom. The second-order valence-electron chi connectivity index (χ2n) is 8.90. The Morgan fingerprint density at radius 2 is 1.76 bits per heavy atom. The minimum atomic E-state index is -1.77. The Hall–Kier alpha value is -3.99. The predicted octanol–water partition coefficient (Wildman–Crippen LogP) is 7.37. The van der Waals surface area contributed by atoms with Crippen molar-refractivity contribution in [3.05, 3.63) is 120 Å². The maximum absolute atomic E-state index is 14.6. The number of hydrogen-bond acceptors (Lipinski definition) is 5. The Labute approximate surface area is 251 Å². The first-order valence-corrected chi connectivity index (χ1v) is 14.7. The van der Waals surface area contributed by atoms with Crippen molar-refractivity contribution in [3.8, 4) is 22.8 Å². The molecule has 5 rings (SSSR count). The number of aryl methyl sites for hydroxylation is 1. The van der Waals surface area contributed by atoms with E-state index in [1.807, 2.05) is 38.1 Å². The highest BCUT2D eigenvalue weighted by molar-refractivity contribution is 7.38. The molecule has 0 spiro atoms. The number of alkyl halides is 1. The van der Waals surface area contributed by atoms with Gasteiger partial charge in [0.05, 0.1) is 29.9 Å². The monoisotopic (exact) mass is 603 g/mol. The van der Waals surface area contributed by atoms with Gasteiger partial charge in [-0.15, -0.1) is 0 Å². The van der Waals surface area contributed by atoms with Crippen molar-refractivity contribution < 1.29 is 13.9 Å². The highest BCUT2D eigenvalue weighted by Gasteiger charge is 2.27. The molecule has 42 heavy (non-hydrogen) atoms. The van der Waals surface area contributed by atoms with Crippen molar-refractivity contribution in [2.24, 2.45) is 0 Å². The van der Waals surface area contributed by atoms with Crippen molar-refractivity contribution in [2.45, 2.75) is 32.3 Å². The number of amides is 1. The zero-order valence-corrected chi connectivity index (χ0v) is 26.3. The molecule has 218 valence electrons. The average Bonchev–Trinajstić information content (AvgIpc) is 3.47. The number of carbonyl (C=O) groups excluding carboxylic acids is 1. The first-order valence-electron chi connectivity index (χ1n) is 13.5. The van der Waals surface area contributed by atoms with Gasteiger partial charge in [0.15, 0.2) is 11.0 Å². The second-order valence-corrected chi connectivity index (χ2v) is 11.3. The van der Waals surface area contributed by atoms with E-state index < -0.39 is 5.15 Å². The minimum Gasteiger partial charge on any atom is -0.493 e. The van der Waals surface area contributed by atoms with Crippen LogP contribution in [0.5, 0.6) is 5.75 Å². The van der Waals surface area contributed by atoms with Gasteiger partial charge >= 0.3 is 0 Å². The molecule has 7 nitrogen and oxygen atoms in total. The number of pyridine rings is 2. The normalized spacial score (nSPS) is 10.4. The van der Waals surface area contributed by atoms with Crippen LogP contribution in [0.2, 0.25) is 0 Å². The molecule has 5 aromatic rings. The van der Waals surface area contributed by atoms with Crippen LogP contribution in [0.1, 0.15) is 30.7 Å². The van der Waals surface area contributed by atoms with Gasteiger partial charge in [0.25, 0.3) is 0 Å². The van der Waals surface area contributed by atoms with Crippen LogP contribution in [0, 0.1) is 6.92 Å². The summed E-state index contributed by atoms with van der Waals surface area (Å²) in [5.41, 5.74) is 4.75. The van der Waals surface area contributed by atoms with E-state index in [0.29, 0.717) is 29.3 Å². The number of benzene rings is 2. The van der Waals surface area contributed by atoms with E-state index in [0.717, 1.165) is 24.3 Å². The Balaban J connectivity index is 0.000000234. The molecule has 10 heteroatoms. The van der Waals surface area contributed by atoms with Gasteiger partial charge in [-0.3, -0.25) is 9.78 Å². The van der Waals surface area contributed by atoms with E-state index in [4.69, 9.17) is 4.74 Å². The van der Waals surface area contributed by atoms with Gasteiger partial charge in [-0.05, 0) is 60.5 Å². The van der Waals surface area contributed by atoms with Crippen molar-refractivity contribution in [1.29, 1.82) is 0 Å². The minimum absolute atomic E-state index is 0.306. The van der Waals surface area contributed by atoms with E-state index in [9.17, 15) is 9.18 Å². The lowest BCUT2D eigenvalue weighted by molar-refractivity contribution is -0.105. The summed E-state index contributed by atoms with van der Waals surface area (Å²) in [7, 11) is 4.25. The van der Waals surface area contributed by atoms with Crippen molar-refractivity contribution in [1.82, 2.24) is 19.7 Å². The van der Waals surface area contributed by atoms with Gasteiger partial charge < -0.3 is 10.1 Å².